The number of pyridine rings is 1. The molecular formula is C20H25ClFN3O3S. The summed E-state index contributed by atoms with van der Waals surface area (Å²) in [5.41, 5.74) is 1.29. The van der Waals surface area contributed by atoms with Crippen LogP contribution in [0.2, 0.25) is 0 Å². The number of sulfone groups is 1. The molecule has 1 N–H and O–H groups in total. The average Bonchev–Trinajstić information content (AvgIpc) is 3.37. The van der Waals surface area contributed by atoms with Crippen LogP contribution in [-0.4, -0.2) is 38.4 Å². The summed E-state index contributed by atoms with van der Waals surface area (Å²) in [6.07, 6.45) is 3.54. The van der Waals surface area contributed by atoms with Gasteiger partial charge >= 0.3 is 0 Å². The Morgan fingerprint density at radius 3 is 2.55 bits per heavy atom. The minimum absolute atomic E-state index is 0.0319. The molecule has 0 amide bonds. The molecule has 29 heavy (non-hydrogen) atoms. The third-order valence-corrected chi connectivity index (χ3v) is 7.62. The molecule has 1 saturated carbocycles. The lowest BCUT2D eigenvalue weighted by Crippen LogP contribution is -2.31. The number of halogens is 2. The summed E-state index contributed by atoms with van der Waals surface area (Å²) >= 11 is 5.77. The molecule has 158 valence electrons. The summed E-state index contributed by atoms with van der Waals surface area (Å²) in [6, 6.07) is 2.75. The molecule has 0 spiro atoms. The molecule has 1 aliphatic carbocycles. The Hall–Kier alpha value is -1.64. The van der Waals surface area contributed by atoms with Crippen LogP contribution in [0.15, 0.2) is 21.8 Å². The Morgan fingerprint density at radius 2 is 1.97 bits per heavy atom. The summed E-state index contributed by atoms with van der Waals surface area (Å²) in [5, 5.41) is 0.446. The Labute approximate surface area is 174 Å². The van der Waals surface area contributed by atoms with E-state index in [1.807, 2.05) is 18.7 Å². The second kappa shape index (κ2) is 7.25. The van der Waals surface area contributed by atoms with Gasteiger partial charge in [0.25, 0.3) is 5.56 Å². The molecule has 0 radical (unpaired) electrons. The second-order valence-electron chi connectivity index (χ2n) is 8.35. The van der Waals surface area contributed by atoms with E-state index in [4.69, 9.17) is 11.8 Å². The van der Waals surface area contributed by atoms with Crippen LogP contribution < -0.4 is 15.3 Å². The number of fused-ring (bicyclic) bond motifs is 1. The molecule has 6 nitrogen and oxygen atoms in total. The number of benzene rings is 1. The topological polar surface area (TPSA) is 71.4 Å². The number of nitrogens with zero attached hydrogens (tertiary/aromatic N) is 2. The Morgan fingerprint density at radius 1 is 1.28 bits per heavy atom. The Bertz CT molecular complexity index is 1140. The zero-order chi connectivity index (χ0) is 21.1. The van der Waals surface area contributed by atoms with Crippen molar-refractivity contribution in [3.63, 3.8) is 0 Å². The number of anilines is 1. The van der Waals surface area contributed by atoms with Gasteiger partial charge in [-0.05, 0) is 68.5 Å². The van der Waals surface area contributed by atoms with Crippen LogP contribution in [0, 0.1) is 18.7 Å². The highest BCUT2D eigenvalue weighted by molar-refractivity contribution is 7.90. The van der Waals surface area contributed by atoms with E-state index in [0.29, 0.717) is 41.2 Å². The number of rotatable bonds is 5. The van der Waals surface area contributed by atoms with E-state index in [-0.39, 0.29) is 17.0 Å². The average molecular weight is 442 g/mol. The van der Waals surface area contributed by atoms with Crippen LogP contribution in [-0.2, 0) is 9.84 Å². The van der Waals surface area contributed by atoms with Crippen LogP contribution in [0.4, 0.5) is 10.1 Å². The van der Waals surface area contributed by atoms with Crippen molar-refractivity contribution in [3.05, 3.63) is 33.9 Å². The smallest absolute Gasteiger partial charge is 0.270 e. The lowest BCUT2D eigenvalue weighted by molar-refractivity contribution is 0.461. The van der Waals surface area contributed by atoms with Crippen LogP contribution in [0.3, 0.4) is 0 Å². The predicted molar refractivity (Wildman–Crippen MR) is 113 cm³/mol. The minimum atomic E-state index is -3.71. The predicted octanol–water partition coefficient (Wildman–Crippen LogP) is 3.15. The lowest BCUT2D eigenvalue weighted by Gasteiger charge is -2.25. The number of aryl methyl sites for hydroxylation is 1. The third-order valence-electron chi connectivity index (χ3n) is 6.18. The number of hydrogen-bond donors (Lipinski definition) is 1. The molecule has 2 atom stereocenters. The van der Waals surface area contributed by atoms with Gasteiger partial charge in [0, 0.05) is 36.8 Å². The maximum Gasteiger partial charge on any atom is 0.270 e. The van der Waals surface area contributed by atoms with Crippen molar-refractivity contribution < 1.29 is 12.8 Å². The van der Waals surface area contributed by atoms with Crippen molar-refractivity contribution in [3.8, 4) is 0 Å². The van der Waals surface area contributed by atoms with Crippen molar-refractivity contribution in [2.45, 2.75) is 50.1 Å². The maximum absolute atomic E-state index is 15.2. The summed E-state index contributed by atoms with van der Waals surface area (Å²) in [4.78, 5) is 17.5. The summed E-state index contributed by atoms with van der Waals surface area (Å²) < 4.78 is 41.0. The minimum Gasteiger partial charge on any atom is -0.369 e. The molecule has 1 aromatic carbocycles. The van der Waals surface area contributed by atoms with Crippen LogP contribution in [0.5, 0.6) is 0 Å². The molecule has 0 bridgehead atoms. The molecule has 4 rings (SSSR count). The number of nitrogens with one attached hydrogen (secondary N) is 1. The van der Waals surface area contributed by atoms with E-state index in [9.17, 15) is 13.2 Å². The van der Waals surface area contributed by atoms with Crippen LogP contribution in [0.25, 0.3) is 10.9 Å². The van der Waals surface area contributed by atoms with Crippen molar-refractivity contribution in [2.24, 2.45) is 5.92 Å². The molecule has 1 saturated heterocycles. The maximum atomic E-state index is 15.2. The van der Waals surface area contributed by atoms with Gasteiger partial charge in [-0.15, -0.1) is 0 Å². The van der Waals surface area contributed by atoms with E-state index < -0.39 is 21.2 Å². The largest absolute Gasteiger partial charge is 0.369 e. The highest BCUT2D eigenvalue weighted by atomic mass is 35.5. The van der Waals surface area contributed by atoms with Crippen LogP contribution >= 0.6 is 11.8 Å². The number of aromatic nitrogens is 1. The van der Waals surface area contributed by atoms with E-state index in [1.54, 1.807) is 4.57 Å². The van der Waals surface area contributed by atoms with Gasteiger partial charge in [-0.2, -0.15) is 0 Å². The Kier molecular flexibility index (Phi) is 5.16. The molecular weight excluding hydrogens is 417 g/mol. The second-order valence-corrected chi connectivity index (χ2v) is 10.6. The molecule has 2 heterocycles. The molecule has 9 heteroatoms. The van der Waals surface area contributed by atoms with Gasteiger partial charge in [0.2, 0.25) is 0 Å². The van der Waals surface area contributed by atoms with Gasteiger partial charge in [0.15, 0.2) is 9.84 Å². The summed E-state index contributed by atoms with van der Waals surface area (Å²) in [6.45, 7) is 5.18. The fourth-order valence-corrected chi connectivity index (χ4v) is 5.39. The van der Waals surface area contributed by atoms with Gasteiger partial charge < -0.3 is 9.47 Å². The summed E-state index contributed by atoms with van der Waals surface area (Å²) in [7, 11) is -3.71. The van der Waals surface area contributed by atoms with Gasteiger partial charge in [0.1, 0.15) is 10.7 Å². The zero-order valence-electron chi connectivity index (χ0n) is 16.7. The molecule has 2 fully saturated rings. The van der Waals surface area contributed by atoms with E-state index in [2.05, 4.69) is 4.84 Å². The first kappa shape index (κ1) is 20.6. The normalized spacial score (nSPS) is 21.1. The standard InChI is InChI=1S/C20H25ClFN3O3S/c1-11-18-14(9-17(29(3,27)28)20(26)25(18)15-4-5-15)8-16(22)19(11)24-7-6-13(10-24)12(2)23-21/h8-9,12-13,15,23H,4-7,10H2,1-3H3/t12-,13+/m0/s1. The number of hydrogen-bond acceptors (Lipinski definition) is 5. The SMILES string of the molecule is Cc1c(N2CC[C@@H]([C@H](C)NCl)C2)c(F)cc2cc(S(C)(=O)=O)c(=O)n(C3CC3)c12. The van der Waals surface area contributed by atoms with E-state index >= 15 is 4.39 Å². The first-order valence-corrected chi connectivity index (χ1v) is 12.1. The monoisotopic (exact) mass is 441 g/mol. The summed E-state index contributed by atoms with van der Waals surface area (Å²) in [5.74, 6) is -0.109. The highest BCUT2D eigenvalue weighted by Gasteiger charge is 2.33. The fourth-order valence-electron chi connectivity index (χ4n) is 4.46. The van der Waals surface area contributed by atoms with Crippen molar-refractivity contribution in [1.29, 1.82) is 0 Å². The first-order chi connectivity index (χ1) is 13.6. The molecule has 2 aromatic rings. The zero-order valence-corrected chi connectivity index (χ0v) is 18.3. The molecule has 1 aliphatic heterocycles. The van der Waals surface area contributed by atoms with Gasteiger partial charge in [-0.1, -0.05) is 0 Å². The third kappa shape index (κ3) is 3.55. The molecule has 0 unspecified atom stereocenters. The molecule has 2 aliphatic rings. The van der Waals surface area contributed by atoms with E-state index in [0.717, 1.165) is 25.5 Å². The van der Waals surface area contributed by atoms with Gasteiger partial charge in [-0.25, -0.2) is 17.6 Å². The highest BCUT2D eigenvalue weighted by Crippen LogP contribution is 2.40. The van der Waals surface area contributed by atoms with Crippen molar-refractivity contribution >= 4 is 38.2 Å². The van der Waals surface area contributed by atoms with Gasteiger partial charge in [0.05, 0.1) is 11.2 Å². The quantitative estimate of drug-likeness (QED) is 0.722. The van der Waals surface area contributed by atoms with Crippen molar-refractivity contribution in [1.82, 2.24) is 9.40 Å². The van der Waals surface area contributed by atoms with E-state index in [1.165, 1.54) is 12.1 Å². The lowest BCUT2D eigenvalue weighted by atomic mass is 10.0. The van der Waals surface area contributed by atoms with Crippen molar-refractivity contribution in [2.75, 3.05) is 24.2 Å². The van der Waals surface area contributed by atoms with Crippen LogP contribution in [0.1, 0.15) is 37.8 Å². The fraction of sp³-hybridized carbons (Fsp3) is 0.550. The first-order valence-electron chi connectivity index (χ1n) is 9.83. The Balaban J connectivity index is 1.92. The van der Waals surface area contributed by atoms with Gasteiger partial charge in [-0.3, -0.25) is 4.79 Å². The molecule has 1 aromatic heterocycles.